The van der Waals surface area contributed by atoms with Crippen molar-refractivity contribution in [3.8, 4) is 0 Å². The number of rotatable bonds is 7. The number of likely N-dealkylation sites (tertiary alicyclic amines) is 1. The van der Waals surface area contributed by atoms with E-state index in [-0.39, 0.29) is 6.42 Å². The van der Waals surface area contributed by atoms with Crippen molar-refractivity contribution < 1.29 is 9.90 Å². The predicted octanol–water partition coefficient (Wildman–Crippen LogP) is 4.54. The fourth-order valence-corrected chi connectivity index (χ4v) is 3.47. The Bertz CT molecular complexity index is 771. The minimum atomic E-state index is -0.751. The van der Waals surface area contributed by atoms with E-state index in [0.717, 1.165) is 17.7 Å². The third kappa shape index (κ3) is 5.06. The Morgan fingerprint density at radius 2 is 1.81 bits per heavy atom. The molecule has 0 aromatic heterocycles. The maximum absolute atomic E-state index is 10.9. The summed E-state index contributed by atoms with van der Waals surface area (Å²) >= 11 is 0. The Morgan fingerprint density at radius 3 is 2.50 bits per heavy atom. The third-order valence-electron chi connectivity index (χ3n) is 4.98. The van der Waals surface area contributed by atoms with Gasteiger partial charge in [-0.3, -0.25) is 9.69 Å². The lowest BCUT2D eigenvalue weighted by atomic mass is 9.94. The van der Waals surface area contributed by atoms with Gasteiger partial charge in [-0.05, 0) is 61.5 Å². The van der Waals surface area contributed by atoms with Crippen LogP contribution in [0.2, 0.25) is 0 Å². The van der Waals surface area contributed by atoms with Gasteiger partial charge in [-0.2, -0.15) is 0 Å². The predicted molar refractivity (Wildman–Crippen MR) is 106 cm³/mol. The first kappa shape index (κ1) is 18.4. The van der Waals surface area contributed by atoms with Crippen LogP contribution in [0.1, 0.15) is 41.5 Å². The van der Waals surface area contributed by atoms with E-state index in [0.29, 0.717) is 6.42 Å². The molecule has 136 valence electrons. The van der Waals surface area contributed by atoms with E-state index in [1.807, 2.05) is 12.1 Å². The number of benzene rings is 2. The van der Waals surface area contributed by atoms with Crippen molar-refractivity contribution in [2.24, 2.45) is 0 Å². The van der Waals surface area contributed by atoms with E-state index in [4.69, 9.17) is 5.11 Å². The SMILES string of the molecule is Cc1ccc(/C(=C/CN2CCCC2)c2cccc(CCC(=O)O)c2)cc1. The molecule has 3 heteroatoms. The van der Waals surface area contributed by atoms with Gasteiger partial charge in [-0.1, -0.05) is 60.2 Å². The molecule has 26 heavy (non-hydrogen) atoms. The number of carboxylic acid groups (broad SMARTS) is 1. The molecule has 0 aliphatic carbocycles. The van der Waals surface area contributed by atoms with Gasteiger partial charge in [-0.25, -0.2) is 0 Å². The Labute approximate surface area is 156 Å². The number of carboxylic acids is 1. The molecule has 2 aromatic carbocycles. The largest absolute Gasteiger partial charge is 0.481 e. The van der Waals surface area contributed by atoms with Gasteiger partial charge in [0.25, 0.3) is 0 Å². The quantitative estimate of drug-likeness (QED) is 0.798. The fraction of sp³-hybridized carbons (Fsp3) is 0.348. The highest BCUT2D eigenvalue weighted by molar-refractivity contribution is 5.80. The Hall–Kier alpha value is -2.39. The van der Waals surface area contributed by atoms with E-state index in [1.54, 1.807) is 0 Å². The molecule has 0 radical (unpaired) electrons. The van der Waals surface area contributed by atoms with Gasteiger partial charge in [0.05, 0.1) is 0 Å². The Kier molecular flexibility index (Phi) is 6.24. The monoisotopic (exact) mass is 349 g/mol. The van der Waals surface area contributed by atoms with Crippen LogP contribution in [0.15, 0.2) is 54.6 Å². The summed E-state index contributed by atoms with van der Waals surface area (Å²) in [6, 6.07) is 17.0. The average Bonchev–Trinajstić information content (AvgIpc) is 3.15. The molecule has 0 unspecified atom stereocenters. The molecule has 2 aromatic rings. The summed E-state index contributed by atoms with van der Waals surface area (Å²) in [6.07, 6.45) is 5.64. The molecule has 1 fully saturated rings. The van der Waals surface area contributed by atoms with Gasteiger partial charge < -0.3 is 5.11 Å². The van der Waals surface area contributed by atoms with Crippen LogP contribution in [0, 0.1) is 6.92 Å². The molecule has 0 atom stereocenters. The van der Waals surface area contributed by atoms with E-state index in [2.05, 4.69) is 54.3 Å². The van der Waals surface area contributed by atoms with Crippen LogP contribution in [0.5, 0.6) is 0 Å². The molecular formula is C23H27NO2. The molecule has 1 heterocycles. The van der Waals surface area contributed by atoms with Crippen molar-refractivity contribution in [1.82, 2.24) is 4.90 Å². The summed E-state index contributed by atoms with van der Waals surface area (Å²) in [5, 5.41) is 8.95. The van der Waals surface area contributed by atoms with Gasteiger partial charge in [0.15, 0.2) is 0 Å². The smallest absolute Gasteiger partial charge is 0.303 e. The second kappa shape index (κ2) is 8.81. The van der Waals surface area contributed by atoms with Crippen LogP contribution < -0.4 is 0 Å². The van der Waals surface area contributed by atoms with Gasteiger partial charge >= 0.3 is 5.97 Å². The number of nitrogens with zero attached hydrogens (tertiary/aromatic N) is 1. The lowest BCUT2D eigenvalue weighted by Crippen LogP contribution is -2.19. The highest BCUT2D eigenvalue weighted by atomic mass is 16.4. The molecule has 0 amide bonds. The summed E-state index contributed by atoms with van der Waals surface area (Å²) < 4.78 is 0. The topological polar surface area (TPSA) is 40.5 Å². The first-order valence-corrected chi connectivity index (χ1v) is 9.42. The van der Waals surface area contributed by atoms with Crippen molar-refractivity contribution in [2.45, 2.75) is 32.6 Å². The van der Waals surface area contributed by atoms with Crippen LogP contribution in [-0.2, 0) is 11.2 Å². The van der Waals surface area contributed by atoms with Crippen LogP contribution in [0.4, 0.5) is 0 Å². The number of hydrogen-bond donors (Lipinski definition) is 1. The van der Waals surface area contributed by atoms with Crippen molar-refractivity contribution in [1.29, 1.82) is 0 Å². The molecule has 3 nitrogen and oxygen atoms in total. The zero-order valence-electron chi connectivity index (χ0n) is 15.4. The molecule has 3 rings (SSSR count). The van der Waals surface area contributed by atoms with Gasteiger partial charge in [0.1, 0.15) is 0 Å². The summed E-state index contributed by atoms with van der Waals surface area (Å²) in [6.45, 7) is 5.42. The number of aliphatic carboxylic acids is 1. The van der Waals surface area contributed by atoms with Crippen LogP contribution in [-0.4, -0.2) is 35.6 Å². The molecule has 1 aliphatic rings. The molecular weight excluding hydrogens is 322 g/mol. The Morgan fingerprint density at radius 1 is 1.08 bits per heavy atom. The van der Waals surface area contributed by atoms with Crippen molar-refractivity contribution in [2.75, 3.05) is 19.6 Å². The minimum absolute atomic E-state index is 0.167. The highest BCUT2D eigenvalue weighted by Crippen LogP contribution is 2.25. The fourth-order valence-electron chi connectivity index (χ4n) is 3.47. The van der Waals surface area contributed by atoms with E-state index < -0.39 is 5.97 Å². The maximum Gasteiger partial charge on any atom is 0.303 e. The second-order valence-electron chi connectivity index (χ2n) is 7.09. The average molecular weight is 349 g/mol. The standard InChI is InChI=1S/C23H27NO2/c1-18-7-10-20(11-8-18)22(13-16-24-14-2-3-15-24)21-6-4-5-19(17-21)9-12-23(25)26/h4-8,10-11,13,17H,2-3,9,12,14-16H2,1H3,(H,25,26)/b22-13-. The van der Waals surface area contributed by atoms with Crippen LogP contribution in [0.3, 0.4) is 0 Å². The molecule has 0 spiro atoms. The molecule has 0 bridgehead atoms. The number of carbonyl (C=O) groups is 1. The van der Waals surface area contributed by atoms with Crippen molar-refractivity contribution in [3.05, 3.63) is 76.9 Å². The highest BCUT2D eigenvalue weighted by Gasteiger charge is 2.12. The van der Waals surface area contributed by atoms with Crippen LogP contribution >= 0.6 is 0 Å². The van der Waals surface area contributed by atoms with Crippen molar-refractivity contribution >= 4 is 11.5 Å². The molecule has 1 saturated heterocycles. The first-order valence-electron chi connectivity index (χ1n) is 9.42. The summed E-state index contributed by atoms with van der Waals surface area (Å²) in [5.74, 6) is -0.751. The minimum Gasteiger partial charge on any atom is -0.481 e. The summed E-state index contributed by atoms with van der Waals surface area (Å²) in [5.41, 5.74) is 5.93. The van der Waals surface area contributed by atoms with E-state index in [1.165, 1.54) is 42.6 Å². The lowest BCUT2D eigenvalue weighted by molar-refractivity contribution is -0.136. The summed E-state index contributed by atoms with van der Waals surface area (Å²) in [4.78, 5) is 13.4. The molecule has 1 N–H and O–H groups in total. The van der Waals surface area contributed by atoms with Crippen molar-refractivity contribution in [3.63, 3.8) is 0 Å². The number of aryl methyl sites for hydroxylation is 2. The van der Waals surface area contributed by atoms with Crippen LogP contribution in [0.25, 0.3) is 5.57 Å². The summed E-state index contributed by atoms with van der Waals surface area (Å²) in [7, 11) is 0. The van der Waals surface area contributed by atoms with E-state index in [9.17, 15) is 4.79 Å². The maximum atomic E-state index is 10.9. The normalized spacial score (nSPS) is 15.3. The first-order chi connectivity index (χ1) is 12.6. The Balaban J connectivity index is 1.89. The van der Waals surface area contributed by atoms with E-state index >= 15 is 0 Å². The van der Waals surface area contributed by atoms with Gasteiger partial charge in [0.2, 0.25) is 0 Å². The van der Waals surface area contributed by atoms with Gasteiger partial charge in [0, 0.05) is 13.0 Å². The zero-order chi connectivity index (χ0) is 18.4. The third-order valence-corrected chi connectivity index (χ3v) is 4.98. The number of hydrogen-bond acceptors (Lipinski definition) is 2. The zero-order valence-corrected chi connectivity index (χ0v) is 15.4. The molecule has 0 saturated carbocycles. The molecule has 1 aliphatic heterocycles. The van der Waals surface area contributed by atoms with Gasteiger partial charge in [-0.15, -0.1) is 0 Å². The second-order valence-corrected chi connectivity index (χ2v) is 7.09. The lowest BCUT2D eigenvalue weighted by Gasteiger charge is -2.15.